The number of hydrogen-bond donors (Lipinski definition) is 3. The molecule has 1 saturated heterocycles. The zero-order valence-corrected chi connectivity index (χ0v) is 34.8. The summed E-state index contributed by atoms with van der Waals surface area (Å²) in [6.07, 6.45) is 2.94. The van der Waals surface area contributed by atoms with Crippen molar-refractivity contribution >= 4 is 33.3 Å². The van der Waals surface area contributed by atoms with Crippen molar-refractivity contribution in [3.05, 3.63) is 66.2 Å². The Kier molecular flexibility index (Phi) is 19.0. The van der Waals surface area contributed by atoms with E-state index in [4.69, 9.17) is 4.74 Å². The summed E-state index contributed by atoms with van der Waals surface area (Å²) in [4.78, 5) is 56.4. The SMILES string of the molecule is CNC(C(=O)NCC(C)CC(=O)N(C)CC(CC(=O)C(C)CCN1CCCC1CC(C(=O)NCCc1ccccc1)S(=O)(=O)c1ccccc1)OC)C(C)C. The summed E-state index contributed by atoms with van der Waals surface area (Å²) in [5.74, 6) is -0.836. The molecule has 55 heavy (non-hydrogen) atoms. The van der Waals surface area contributed by atoms with E-state index in [0.29, 0.717) is 32.5 Å². The van der Waals surface area contributed by atoms with Gasteiger partial charge < -0.3 is 30.5 Å². The second-order valence-electron chi connectivity index (χ2n) is 15.5. The first-order valence-electron chi connectivity index (χ1n) is 19.8. The average molecular weight is 784 g/mol. The van der Waals surface area contributed by atoms with Crippen LogP contribution >= 0.6 is 0 Å². The molecule has 1 aliphatic heterocycles. The van der Waals surface area contributed by atoms with Crippen molar-refractivity contribution in [1.82, 2.24) is 25.8 Å². The van der Waals surface area contributed by atoms with Crippen molar-refractivity contribution in [3.8, 4) is 0 Å². The maximum Gasteiger partial charge on any atom is 0.238 e. The van der Waals surface area contributed by atoms with Crippen LogP contribution in [0.1, 0.15) is 71.8 Å². The van der Waals surface area contributed by atoms with E-state index in [0.717, 1.165) is 24.9 Å². The Morgan fingerprint density at radius 3 is 2.20 bits per heavy atom. The highest BCUT2D eigenvalue weighted by atomic mass is 32.2. The average Bonchev–Trinajstić information content (AvgIpc) is 3.62. The third kappa shape index (κ3) is 14.4. The highest BCUT2D eigenvalue weighted by Crippen LogP contribution is 2.28. The summed E-state index contributed by atoms with van der Waals surface area (Å²) < 4.78 is 33.4. The molecule has 6 unspecified atom stereocenters. The molecular weight excluding hydrogens is 719 g/mol. The van der Waals surface area contributed by atoms with Gasteiger partial charge in [-0.25, -0.2) is 8.42 Å². The maximum absolute atomic E-state index is 13.9. The third-order valence-corrected chi connectivity index (χ3v) is 12.8. The summed E-state index contributed by atoms with van der Waals surface area (Å²) in [6, 6.07) is 17.5. The number of carbonyl (C=O) groups excluding carboxylic acids is 4. The van der Waals surface area contributed by atoms with Crippen molar-refractivity contribution in [3.63, 3.8) is 0 Å². The van der Waals surface area contributed by atoms with Crippen LogP contribution in [0.5, 0.6) is 0 Å². The maximum atomic E-state index is 13.9. The zero-order valence-electron chi connectivity index (χ0n) is 34.0. The lowest BCUT2D eigenvalue weighted by Crippen LogP contribution is -2.47. The van der Waals surface area contributed by atoms with E-state index in [1.807, 2.05) is 58.0 Å². The molecule has 3 N–H and O–H groups in total. The molecule has 0 spiro atoms. The van der Waals surface area contributed by atoms with Crippen LogP contribution in [0.4, 0.5) is 0 Å². The smallest absolute Gasteiger partial charge is 0.238 e. The van der Waals surface area contributed by atoms with Crippen LogP contribution in [0.25, 0.3) is 0 Å². The predicted octanol–water partition coefficient (Wildman–Crippen LogP) is 3.89. The highest BCUT2D eigenvalue weighted by molar-refractivity contribution is 7.92. The number of amides is 3. The first kappa shape index (κ1) is 45.7. The zero-order chi connectivity index (χ0) is 40.5. The van der Waals surface area contributed by atoms with Gasteiger partial charge in [-0.2, -0.15) is 0 Å². The molecule has 0 aliphatic carbocycles. The van der Waals surface area contributed by atoms with Gasteiger partial charge in [0, 0.05) is 58.6 Å². The minimum atomic E-state index is -3.96. The number of sulfone groups is 1. The number of benzene rings is 2. The summed E-state index contributed by atoms with van der Waals surface area (Å²) in [5, 5.41) is 7.62. The molecule has 1 aliphatic rings. The van der Waals surface area contributed by atoms with Gasteiger partial charge in [-0.3, -0.25) is 19.2 Å². The number of Topliss-reactive ketones (excluding diaryl/α,β-unsaturated/α-hetero) is 1. The predicted molar refractivity (Wildman–Crippen MR) is 216 cm³/mol. The number of nitrogens with zero attached hydrogens (tertiary/aromatic N) is 2. The quantitative estimate of drug-likeness (QED) is 0.144. The van der Waals surface area contributed by atoms with Crippen molar-refractivity contribution < 1.29 is 32.3 Å². The first-order chi connectivity index (χ1) is 26.2. The van der Waals surface area contributed by atoms with Crippen LogP contribution in [0.3, 0.4) is 0 Å². The Morgan fingerprint density at radius 2 is 1.58 bits per heavy atom. The normalized spacial score (nSPS) is 17.6. The molecule has 306 valence electrons. The van der Waals surface area contributed by atoms with Gasteiger partial charge in [0.05, 0.1) is 17.0 Å². The van der Waals surface area contributed by atoms with Crippen molar-refractivity contribution in [2.45, 2.75) is 101 Å². The number of methoxy groups -OCH3 is 1. The Balaban J connectivity index is 1.53. The lowest BCUT2D eigenvalue weighted by Gasteiger charge is -2.29. The van der Waals surface area contributed by atoms with Gasteiger partial charge in [-0.05, 0) is 81.8 Å². The second kappa shape index (κ2) is 22.8. The lowest BCUT2D eigenvalue weighted by atomic mass is 9.97. The van der Waals surface area contributed by atoms with Gasteiger partial charge in [-0.15, -0.1) is 0 Å². The van der Waals surface area contributed by atoms with Crippen molar-refractivity contribution in [2.75, 3.05) is 53.9 Å². The standard InChI is InChI=1S/C42H65N5O7S/c1-30(2)40(43-5)42(51)45-28-31(3)25-39(49)46(6)29-35(54-7)27-37(48)32(4)21-24-47-23-14-17-34(47)26-38(55(52,53)36-18-12-9-13-19-36)41(50)44-22-20-33-15-10-8-11-16-33/h8-13,15-16,18-19,30-32,34-35,38,40,43H,14,17,20-29H2,1-7H3,(H,44,50)(H,45,51). The molecule has 3 amide bonds. The summed E-state index contributed by atoms with van der Waals surface area (Å²) in [5.41, 5.74) is 1.06. The molecule has 0 saturated carbocycles. The molecule has 2 aromatic rings. The van der Waals surface area contributed by atoms with Gasteiger partial charge in [-0.1, -0.05) is 76.2 Å². The number of hydrogen-bond acceptors (Lipinski definition) is 9. The van der Waals surface area contributed by atoms with Gasteiger partial charge >= 0.3 is 0 Å². The fraction of sp³-hybridized carbons (Fsp3) is 0.619. The van der Waals surface area contributed by atoms with Crippen molar-refractivity contribution in [2.24, 2.45) is 17.8 Å². The van der Waals surface area contributed by atoms with Crippen LogP contribution < -0.4 is 16.0 Å². The molecular formula is C42H65N5O7S. The fourth-order valence-electron chi connectivity index (χ4n) is 7.19. The number of likely N-dealkylation sites (tertiary alicyclic amines) is 1. The van der Waals surface area contributed by atoms with Crippen LogP contribution in [0, 0.1) is 17.8 Å². The second-order valence-corrected chi connectivity index (χ2v) is 17.6. The summed E-state index contributed by atoms with van der Waals surface area (Å²) in [6.45, 7) is 10.1. The van der Waals surface area contributed by atoms with E-state index in [-0.39, 0.29) is 78.1 Å². The Hall–Kier alpha value is -3.65. The van der Waals surface area contributed by atoms with E-state index in [2.05, 4.69) is 20.9 Å². The Morgan fingerprint density at radius 1 is 0.927 bits per heavy atom. The molecule has 3 rings (SSSR count). The van der Waals surface area contributed by atoms with Crippen LogP contribution in [0.15, 0.2) is 65.6 Å². The Labute approximate surface area is 329 Å². The molecule has 0 aromatic heterocycles. The van der Waals surface area contributed by atoms with Gasteiger partial charge in [0.25, 0.3) is 0 Å². The third-order valence-electron chi connectivity index (χ3n) is 10.8. The first-order valence-corrected chi connectivity index (χ1v) is 21.3. The highest BCUT2D eigenvalue weighted by Gasteiger charge is 2.39. The summed E-state index contributed by atoms with van der Waals surface area (Å²) in [7, 11) is 1.04. The van der Waals surface area contributed by atoms with Gasteiger partial charge in [0.1, 0.15) is 11.0 Å². The molecule has 6 atom stereocenters. The number of likely N-dealkylation sites (N-methyl/N-ethyl adjacent to an activating group) is 2. The van der Waals surface area contributed by atoms with E-state index >= 15 is 0 Å². The minimum Gasteiger partial charge on any atom is -0.379 e. The lowest BCUT2D eigenvalue weighted by molar-refractivity contribution is -0.134. The van der Waals surface area contributed by atoms with E-state index < -0.39 is 27.1 Å². The number of carbonyl (C=O) groups is 4. The molecule has 1 fully saturated rings. The van der Waals surface area contributed by atoms with Crippen LogP contribution in [-0.4, -0.2) is 119 Å². The monoisotopic (exact) mass is 783 g/mol. The number of ketones is 1. The van der Waals surface area contributed by atoms with Gasteiger partial charge in [0.15, 0.2) is 9.84 Å². The van der Waals surface area contributed by atoms with Crippen LogP contribution in [-0.2, 0) is 40.2 Å². The number of nitrogens with one attached hydrogen (secondary N) is 3. The largest absolute Gasteiger partial charge is 0.379 e. The van der Waals surface area contributed by atoms with E-state index in [1.54, 1.807) is 44.3 Å². The molecule has 0 radical (unpaired) electrons. The summed E-state index contributed by atoms with van der Waals surface area (Å²) >= 11 is 0. The molecule has 12 nitrogen and oxygen atoms in total. The van der Waals surface area contributed by atoms with Crippen molar-refractivity contribution in [1.29, 1.82) is 0 Å². The van der Waals surface area contributed by atoms with E-state index in [1.165, 1.54) is 12.1 Å². The van der Waals surface area contributed by atoms with Gasteiger partial charge in [0.2, 0.25) is 17.7 Å². The molecule has 2 aromatic carbocycles. The topological polar surface area (TPSA) is 154 Å². The molecule has 0 bridgehead atoms. The van der Waals surface area contributed by atoms with E-state index in [9.17, 15) is 27.6 Å². The number of ether oxygens (including phenoxy) is 1. The Bertz CT molecular complexity index is 1610. The fourth-order valence-corrected chi connectivity index (χ4v) is 8.90. The van der Waals surface area contributed by atoms with Crippen LogP contribution in [0.2, 0.25) is 0 Å². The molecule has 13 heteroatoms. The molecule has 1 heterocycles. The number of rotatable bonds is 24. The minimum absolute atomic E-state index is 0.0334.